The Morgan fingerprint density at radius 1 is 0.625 bits per heavy atom. The van der Waals surface area contributed by atoms with Gasteiger partial charge in [0.2, 0.25) is 0 Å². The van der Waals surface area contributed by atoms with Crippen LogP contribution in [0.3, 0.4) is 0 Å². The van der Waals surface area contributed by atoms with Crippen molar-refractivity contribution in [3.63, 3.8) is 0 Å². The van der Waals surface area contributed by atoms with Gasteiger partial charge in [-0.3, -0.25) is 0 Å². The van der Waals surface area contributed by atoms with Gasteiger partial charge in [-0.05, 0) is 18.2 Å². The van der Waals surface area contributed by atoms with Crippen LogP contribution in [-0.2, 0) is 0 Å². The molecule has 3 nitrogen and oxygen atoms in total. The molecule has 0 saturated carbocycles. The van der Waals surface area contributed by atoms with E-state index in [0.717, 1.165) is 28.2 Å². The van der Waals surface area contributed by atoms with Crippen LogP contribution in [0.4, 0.5) is 5.69 Å². The van der Waals surface area contributed by atoms with Gasteiger partial charge in [-0.2, -0.15) is 5.10 Å². The Bertz CT molecular complexity index is 869. The third-order valence-corrected chi connectivity index (χ3v) is 3.94. The molecular weight excluding hydrogens is 294 g/mol. The maximum atomic E-state index is 4.55. The Morgan fingerprint density at radius 3 is 1.79 bits per heavy atom. The van der Waals surface area contributed by atoms with Crippen molar-refractivity contribution in [3.8, 4) is 0 Å². The van der Waals surface area contributed by atoms with Gasteiger partial charge in [0.05, 0.1) is 17.1 Å². The van der Waals surface area contributed by atoms with Crippen molar-refractivity contribution < 1.29 is 0 Å². The lowest BCUT2D eigenvalue weighted by Gasteiger charge is -2.30. The zero-order chi connectivity index (χ0) is 16.2. The highest BCUT2D eigenvalue weighted by molar-refractivity contribution is 6.14. The summed E-state index contributed by atoms with van der Waals surface area (Å²) >= 11 is 0. The van der Waals surface area contributed by atoms with E-state index in [1.54, 1.807) is 0 Å². The summed E-state index contributed by atoms with van der Waals surface area (Å²) in [7, 11) is 0. The van der Waals surface area contributed by atoms with Gasteiger partial charge >= 0.3 is 0 Å². The number of allylic oxidation sites excluding steroid dienone is 1. The second-order valence-corrected chi connectivity index (χ2v) is 5.53. The van der Waals surface area contributed by atoms with E-state index in [-0.39, 0.29) is 0 Å². The van der Waals surface area contributed by atoms with Crippen LogP contribution in [0.2, 0.25) is 0 Å². The summed E-state index contributed by atoms with van der Waals surface area (Å²) in [4.78, 5) is 0. The first-order valence-electron chi connectivity index (χ1n) is 7.93. The number of nitrogens with zero attached hydrogens (tertiary/aromatic N) is 2. The van der Waals surface area contributed by atoms with E-state index < -0.39 is 0 Å². The summed E-state index contributed by atoms with van der Waals surface area (Å²) in [6.45, 7) is 0. The van der Waals surface area contributed by atoms with Crippen LogP contribution in [0.1, 0.15) is 11.1 Å². The maximum Gasteiger partial charge on any atom is 0.0943 e. The van der Waals surface area contributed by atoms with Crippen molar-refractivity contribution >= 4 is 17.1 Å². The normalized spacial score (nSPS) is 13.8. The molecule has 0 amide bonds. The zero-order valence-corrected chi connectivity index (χ0v) is 13.1. The highest BCUT2D eigenvalue weighted by atomic mass is 15.7. The highest BCUT2D eigenvalue weighted by Crippen LogP contribution is 2.27. The highest BCUT2D eigenvalue weighted by Gasteiger charge is 2.19. The van der Waals surface area contributed by atoms with E-state index in [9.17, 15) is 0 Å². The molecule has 0 spiro atoms. The van der Waals surface area contributed by atoms with Gasteiger partial charge in [-0.25, -0.2) is 10.5 Å². The number of hydrazine groups is 1. The van der Waals surface area contributed by atoms with Gasteiger partial charge in [-0.15, -0.1) is 0 Å². The SMILES string of the molecule is C1=C(c2ccccc2)N(c2ccccc2)NN=C1c1ccccc1. The van der Waals surface area contributed by atoms with Crippen molar-refractivity contribution in [1.82, 2.24) is 5.53 Å². The van der Waals surface area contributed by atoms with Crippen LogP contribution >= 0.6 is 0 Å². The molecule has 1 heterocycles. The molecular formula is C21H17N3. The molecule has 0 saturated heterocycles. The second-order valence-electron chi connectivity index (χ2n) is 5.53. The smallest absolute Gasteiger partial charge is 0.0943 e. The van der Waals surface area contributed by atoms with Crippen molar-refractivity contribution in [2.75, 3.05) is 5.01 Å². The summed E-state index contributed by atoms with van der Waals surface area (Å²) in [5, 5.41) is 6.55. The summed E-state index contributed by atoms with van der Waals surface area (Å²) in [5.74, 6) is 0. The van der Waals surface area contributed by atoms with Gasteiger partial charge < -0.3 is 0 Å². The van der Waals surface area contributed by atoms with Gasteiger partial charge in [0.15, 0.2) is 0 Å². The molecule has 0 aromatic heterocycles. The molecule has 0 unspecified atom stereocenters. The predicted molar refractivity (Wildman–Crippen MR) is 99.5 cm³/mol. The Kier molecular flexibility index (Phi) is 3.82. The average Bonchev–Trinajstić information content (AvgIpc) is 2.69. The summed E-state index contributed by atoms with van der Waals surface area (Å²) in [5.41, 5.74) is 8.44. The maximum absolute atomic E-state index is 4.55. The van der Waals surface area contributed by atoms with Crippen molar-refractivity contribution in [3.05, 3.63) is 108 Å². The molecule has 116 valence electrons. The Labute approximate surface area is 141 Å². The van der Waals surface area contributed by atoms with Crippen LogP contribution in [0, 0.1) is 0 Å². The lowest BCUT2D eigenvalue weighted by atomic mass is 10.0. The summed E-state index contributed by atoms with van der Waals surface area (Å²) in [6.07, 6.45) is 2.12. The molecule has 1 aliphatic heterocycles. The van der Waals surface area contributed by atoms with Crippen molar-refractivity contribution in [2.24, 2.45) is 5.10 Å². The Balaban J connectivity index is 1.79. The third kappa shape index (κ3) is 2.79. The molecule has 0 bridgehead atoms. The van der Waals surface area contributed by atoms with Crippen LogP contribution < -0.4 is 10.5 Å². The lowest BCUT2D eigenvalue weighted by Crippen LogP contribution is -2.37. The average molecular weight is 311 g/mol. The molecule has 0 fully saturated rings. The first-order valence-corrected chi connectivity index (χ1v) is 7.93. The Hall–Kier alpha value is -3.33. The van der Waals surface area contributed by atoms with E-state index in [0.29, 0.717) is 0 Å². The first-order chi connectivity index (χ1) is 11.9. The first kappa shape index (κ1) is 14.3. The number of rotatable bonds is 3. The fourth-order valence-electron chi connectivity index (χ4n) is 2.74. The molecule has 3 heteroatoms. The minimum Gasteiger partial charge on any atom is -0.240 e. The minimum atomic E-state index is 0.918. The molecule has 4 rings (SSSR count). The molecule has 0 aliphatic carbocycles. The van der Waals surface area contributed by atoms with Crippen molar-refractivity contribution in [1.29, 1.82) is 0 Å². The minimum absolute atomic E-state index is 0.918. The number of hydrogen-bond acceptors (Lipinski definition) is 3. The van der Waals surface area contributed by atoms with Gasteiger partial charge in [0.25, 0.3) is 0 Å². The summed E-state index contributed by atoms with van der Waals surface area (Å²) < 4.78 is 0. The van der Waals surface area contributed by atoms with Crippen LogP contribution in [0.5, 0.6) is 0 Å². The van der Waals surface area contributed by atoms with E-state index >= 15 is 0 Å². The molecule has 3 aromatic rings. The molecule has 3 aromatic carbocycles. The van der Waals surface area contributed by atoms with Gasteiger partial charge in [0.1, 0.15) is 0 Å². The van der Waals surface area contributed by atoms with Gasteiger partial charge in [0, 0.05) is 11.1 Å². The van der Waals surface area contributed by atoms with Crippen LogP contribution in [0.25, 0.3) is 5.70 Å². The molecule has 0 radical (unpaired) electrons. The number of nitrogens with one attached hydrogen (secondary N) is 1. The van der Waals surface area contributed by atoms with Crippen molar-refractivity contribution in [2.45, 2.75) is 0 Å². The fraction of sp³-hybridized carbons (Fsp3) is 0. The topological polar surface area (TPSA) is 27.6 Å². The fourth-order valence-corrected chi connectivity index (χ4v) is 2.74. The van der Waals surface area contributed by atoms with E-state index in [4.69, 9.17) is 0 Å². The van der Waals surface area contributed by atoms with E-state index in [2.05, 4.69) is 53.1 Å². The van der Waals surface area contributed by atoms with Crippen LogP contribution in [-0.4, -0.2) is 5.71 Å². The second kappa shape index (κ2) is 6.42. The monoisotopic (exact) mass is 311 g/mol. The molecule has 1 N–H and O–H groups in total. The van der Waals surface area contributed by atoms with Gasteiger partial charge in [-0.1, -0.05) is 78.9 Å². The predicted octanol–water partition coefficient (Wildman–Crippen LogP) is 4.46. The van der Waals surface area contributed by atoms with E-state index in [1.165, 1.54) is 0 Å². The third-order valence-electron chi connectivity index (χ3n) is 3.94. The largest absolute Gasteiger partial charge is 0.240 e. The number of hydrazone groups is 1. The molecule has 24 heavy (non-hydrogen) atoms. The zero-order valence-electron chi connectivity index (χ0n) is 13.1. The van der Waals surface area contributed by atoms with Crippen LogP contribution in [0.15, 0.2) is 102 Å². The quantitative estimate of drug-likeness (QED) is 0.773. The lowest BCUT2D eigenvalue weighted by molar-refractivity contribution is 0.758. The molecule has 0 atom stereocenters. The molecule has 1 aliphatic rings. The number of para-hydroxylation sites is 1. The number of hydrogen-bond donors (Lipinski definition) is 1. The summed E-state index contributed by atoms with van der Waals surface area (Å²) in [6, 6.07) is 30.7. The number of anilines is 1. The standard InChI is InChI=1S/C21H17N3/c1-4-10-17(11-5-1)20-16-21(18-12-6-2-7-13-18)24(23-22-20)19-14-8-3-9-15-19/h1-16,23H. The number of benzene rings is 3. The Morgan fingerprint density at radius 2 is 1.17 bits per heavy atom. The van der Waals surface area contributed by atoms with E-state index in [1.807, 2.05) is 59.6 Å².